The molecule has 20 heavy (non-hydrogen) atoms. The number of carbonyl (C=O) groups excluding carboxylic acids is 1. The highest BCUT2D eigenvalue weighted by atomic mass is 16.3. The van der Waals surface area contributed by atoms with Gasteiger partial charge in [-0.3, -0.25) is 9.78 Å². The van der Waals surface area contributed by atoms with Gasteiger partial charge in [0, 0.05) is 31.9 Å². The molecule has 104 valence electrons. The van der Waals surface area contributed by atoms with Gasteiger partial charge in [-0.15, -0.1) is 0 Å². The summed E-state index contributed by atoms with van der Waals surface area (Å²) in [6.07, 6.45) is 5.61. The summed E-state index contributed by atoms with van der Waals surface area (Å²) in [4.78, 5) is 22.7. The van der Waals surface area contributed by atoms with Crippen LogP contribution < -0.4 is 5.32 Å². The van der Waals surface area contributed by atoms with Crippen LogP contribution in [-0.4, -0.2) is 34.4 Å². The van der Waals surface area contributed by atoms with Gasteiger partial charge >= 0.3 is 0 Å². The lowest BCUT2D eigenvalue weighted by atomic mass is 10.1. The first-order chi connectivity index (χ1) is 9.79. The van der Waals surface area contributed by atoms with E-state index in [0.29, 0.717) is 25.3 Å². The van der Waals surface area contributed by atoms with E-state index in [9.17, 15) is 4.79 Å². The zero-order valence-electron chi connectivity index (χ0n) is 11.2. The fraction of sp³-hybridized carbons (Fsp3) is 0.357. The molecule has 0 aromatic carbocycles. The Kier molecular flexibility index (Phi) is 3.47. The largest absolute Gasteiger partial charge is 0.446 e. The van der Waals surface area contributed by atoms with Crippen molar-refractivity contribution in [3.8, 4) is 0 Å². The molecule has 1 amide bonds. The van der Waals surface area contributed by atoms with Gasteiger partial charge in [0.1, 0.15) is 6.04 Å². The second-order valence-corrected chi connectivity index (χ2v) is 4.76. The van der Waals surface area contributed by atoms with Crippen molar-refractivity contribution in [3.63, 3.8) is 0 Å². The smallest absolute Gasteiger partial charge is 0.247 e. The lowest BCUT2D eigenvalue weighted by molar-refractivity contribution is -0.134. The average molecular weight is 272 g/mol. The summed E-state index contributed by atoms with van der Waals surface area (Å²) in [6, 6.07) is 3.38. The van der Waals surface area contributed by atoms with E-state index in [2.05, 4.69) is 15.3 Å². The molecule has 1 unspecified atom stereocenters. The Morgan fingerprint density at radius 3 is 3.20 bits per heavy atom. The van der Waals surface area contributed by atoms with Crippen LogP contribution in [0.15, 0.2) is 35.3 Å². The fourth-order valence-electron chi connectivity index (χ4n) is 2.47. The van der Waals surface area contributed by atoms with Crippen LogP contribution in [0.4, 0.5) is 0 Å². The minimum atomic E-state index is -0.466. The molecule has 0 saturated carbocycles. The number of nitrogens with one attached hydrogen (secondary N) is 1. The SMILES string of the molecule is CNC1C(=O)N(Cc2cccnc2)CCc2ncoc21. The van der Waals surface area contributed by atoms with Crippen LogP contribution in [0.1, 0.15) is 23.1 Å². The van der Waals surface area contributed by atoms with Crippen LogP contribution in [-0.2, 0) is 17.8 Å². The van der Waals surface area contributed by atoms with Gasteiger partial charge in [0.25, 0.3) is 0 Å². The quantitative estimate of drug-likeness (QED) is 0.899. The van der Waals surface area contributed by atoms with Crippen molar-refractivity contribution in [2.24, 2.45) is 0 Å². The van der Waals surface area contributed by atoms with Gasteiger partial charge in [0.2, 0.25) is 5.91 Å². The summed E-state index contributed by atoms with van der Waals surface area (Å²) >= 11 is 0. The molecule has 1 aliphatic rings. The second-order valence-electron chi connectivity index (χ2n) is 4.76. The van der Waals surface area contributed by atoms with E-state index in [1.54, 1.807) is 19.4 Å². The molecule has 1 N–H and O–H groups in total. The average Bonchev–Trinajstić information content (AvgIpc) is 2.89. The van der Waals surface area contributed by atoms with Gasteiger partial charge in [-0.05, 0) is 18.7 Å². The Hall–Kier alpha value is -2.21. The number of aromatic nitrogens is 2. The third-order valence-corrected chi connectivity index (χ3v) is 3.50. The van der Waals surface area contributed by atoms with E-state index in [0.717, 1.165) is 11.3 Å². The second kappa shape index (κ2) is 5.42. The van der Waals surface area contributed by atoms with Crippen LogP contribution in [0, 0.1) is 0 Å². The maximum absolute atomic E-state index is 12.6. The van der Waals surface area contributed by atoms with Gasteiger partial charge < -0.3 is 14.6 Å². The normalized spacial score (nSPS) is 18.8. The molecule has 3 heterocycles. The van der Waals surface area contributed by atoms with Gasteiger partial charge in [0.05, 0.1) is 5.69 Å². The lowest BCUT2D eigenvalue weighted by Crippen LogP contribution is -2.38. The molecule has 0 radical (unpaired) electrons. The van der Waals surface area contributed by atoms with Crippen LogP contribution in [0.5, 0.6) is 0 Å². The van der Waals surface area contributed by atoms with E-state index in [-0.39, 0.29) is 5.91 Å². The highest BCUT2D eigenvalue weighted by molar-refractivity contribution is 5.83. The van der Waals surface area contributed by atoms with Gasteiger partial charge in [-0.25, -0.2) is 4.98 Å². The predicted molar refractivity (Wildman–Crippen MR) is 71.7 cm³/mol. The number of nitrogens with zero attached hydrogens (tertiary/aromatic N) is 3. The lowest BCUT2D eigenvalue weighted by Gasteiger charge is -2.23. The third-order valence-electron chi connectivity index (χ3n) is 3.50. The highest BCUT2D eigenvalue weighted by Gasteiger charge is 2.33. The minimum Gasteiger partial charge on any atom is -0.446 e. The first-order valence-electron chi connectivity index (χ1n) is 6.57. The van der Waals surface area contributed by atoms with Crippen molar-refractivity contribution >= 4 is 5.91 Å². The summed E-state index contributed by atoms with van der Waals surface area (Å²) in [6.45, 7) is 1.18. The maximum Gasteiger partial charge on any atom is 0.247 e. The standard InChI is InChI=1S/C14H16N4O2/c1-15-12-13-11(17-9-20-13)4-6-18(14(12)19)8-10-3-2-5-16-7-10/h2-3,5,7,9,12,15H,4,6,8H2,1H3. The van der Waals surface area contributed by atoms with Crippen molar-refractivity contribution in [2.45, 2.75) is 19.0 Å². The Labute approximate surface area is 116 Å². The van der Waals surface area contributed by atoms with Gasteiger partial charge in [-0.1, -0.05) is 6.07 Å². The Morgan fingerprint density at radius 1 is 1.55 bits per heavy atom. The van der Waals surface area contributed by atoms with Crippen molar-refractivity contribution in [3.05, 3.63) is 47.9 Å². The molecule has 6 heteroatoms. The predicted octanol–water partition coefficient (Wildman–Crippen LogP) is 0.915. The molecular formula is C14H16N4O2. The van der Waals surface area contributed by atoms with Crippen molar-refractivity contribution in [1.82, 2.24) is 20.2 Å². The zero-order valence-corrected chi connectivity index (χ0v) is 11.2. The van der Waals surface area contributed by atoms with E-state index < -0.39 is 6.04 Å². The Balaban J connectivity index is 1.84. The minimum absolute atomic E-state index is 0.00635. The molecule has 0 spiro atoms. The fourth-order valence-corrected chi connectivity index (χ4v) is 2.47. The van der Waals surface area contributed by atoms with E-state index in [1.807, 2.05) is 17.0 Å². The molecule has 2 aromatic rings. The molecule has 0 aliphatic carbocycles. The monoisotopic (exact) mass is 272 g/mol. The number of hydrogen-bond donors (Lipinski definition) is 1. The number of hydrogen-bond acceptors (Lipinski definition) is 5. The molecule has 1 aliphatic heterocycles. The van der Waals surface area contributed by atoms with E-state index >= 15 is 0 Å². The third kappa shape index (κ3) is 2.30. The van der Waals surface area contributed by atoms with Crippen molar-refractivity contribution < 1.29 is 9.21 Å². The molecule has 0 fully saturated rings. The molecular weight excluding hydrogens is 256 g/mol. The Bertz CT molecular complexity index is 596. The van der Waals surface area contributed by atoms with Gasteiger partial charge in [-0.2, -0.15) is 0 Å². The number of pyridine rings is 1. The summed E-state index contributed by atoms with van der Waals surface area (Å²) in [5.41, 5.74) is 1.87. The van der Waals surface area contributed by atoms with Crippen LogP contribution in [0.2, 0.25) is 0 Å². The summed E-state index contributed by atoms with van der Waals surface area (Å²) in [5.74, 6) is 0.637. The van der Waals surface area contributed by atoms with Crippen LogP contribution in [0.25, 0.3) is 0 Å². The number of oxazole rings is 1. The first kappa shape index (κ1) is 12.8. The number of likely N-dealkylation sites (N-methyl/N-ethyl adjacent to an activating group) is 1. The van der Waals surface area contributed by atoms with Gasteiger partial charge in [0.15, 0.2) is 12.2 Å². The highest BCUT2D eigenvalue weighted by Crippen LogP contribution is 2.24. The zero-order chi connectivity index (χ0) is 13.9. The van der Waals surface area contributed by atoms with Crippen LogP contribution in [0.3, 0.4) is 0 Å². The number of fused-ring (bicyclic) bond motifs is 1. The molecule has 0 bridgehead atoms. The number of rotatable bonds is 3. The van der Waals surface area contributed by atoms with Crippen molar-refractivity contribution in [2.75, 3.05) is 13.6 Å². The van der Waals surface area contributed by atoms with E-state index in [1.165, 1.54) is 6.39 Å². The number of amides is 1. The molecule has 1 atom stereocenters. The summed E-state index contributed by atoms with van der Waals surface area (Å²) in [7, 11) is 1.75. The van der Waals surface area contributed by atoms with Crippen molar-refractivity contribution in [1.29, 1.82) is 0 Å². The summed E-state index contributed by atoms with van der Waals surface area (Å²) < 4.78 is 5.37. The maximum atomic E-state index is 12.6. The number of carbonyl (C=O) groups is 1. The Morgan fingerprint density at radius 2 is 2.45 bits per heavy atom. The van der Waals surface area contributed by atoms with E-state index in [4.69, 9.17) is 4.42 Å². The first-order valence-corrected chi connectivity index (χ1v) is 6.57. The molecule has 2 aromatic heterocycles. The topological polar surface area (TPSA) is 71.3 Å². The molecule has 0 saturated heterocycles. The summed E-state index contributed by atoms with van der Waals surface area (Å²) in [5, 5.41) is 3.01. The van der Waals surface area contributed by atoms with Crippen LogP contribution >= 0.6 is 0 Å². The molecule has 6 nitrogen and oxygen atoms in total. The molecule has 3 rings (SSSR count).